The fourth-order valence-electron chi connectivity index (χ4n) is 3.25. The fourth-order valence-corrected chi connectivity index (χ4v) is 3.48. The van der Waals surface area contributed by atoms with E-state index in [1.54, 1.807) is 18.5 Å². The standard InChI is InChI=1S/C19H16ClN3O2/c20-17-4-2-1-3-15(17)18-16(11-22-25-18)19(24)23-10-7-14(12-23)13-5-8-21-9-6-13/h1-6,8-9,11,14H,7,10,12H2. The lowest BCUT2D eigenvalue weighted by Crippen LogP contribution is -2.28. The second kappa shape index (κ2) is 6.69. The minimum Gasteiger partial charge on any atom is -0.355 e. The van der Waals surface area contributed by atoms with Gasteiger partial charge in [-0.2, -0.15) is 0 Å². The monoisotopic (exact) mass is 353 g/mol. The first-order valence-electron chi connectivity index (χ1n) is 8.13. The number of benzene rings is 1. The van der Waals surface area contributed by atoms with Crippen molar-refractivity contribution in [2.45, 2.75) is 12.3 Å². The van der Waals surface area contributed by atoms with Crippen molar-refractivity contribution in [3.05, 3.63) is 71.1 Å². The molecule has 1 atom stereocenters. The SMILES string of the molecule is O=C(c1cnoc1-c1ccccc1Cl)N1CCC(c2ccncc2)C1. The van der Waals surface area contributed by atoms with E-state index < -0.39 is 0 Å². The van der Waals surface area contributed by atoms with Gasteiger partial charge in [-0.05, 0) is 36.2 Å². The van der Waals surface area contributed by atoms with E-state index >= 15 is 0 Å². The van der Waals surface area contributed by atoms with Gasteiger partial charge in [0.05, 0.1) is 11.2 Å². The van der Waals surface area contributed by atoms with Gasteiger partial charge in [0.15, 0.2) is 5.76 Å². The van der Waals surface area contributed by atoms with Gasteiger partial charge in [-0.1, -0.05) is 28.9 Å². The maximum Gasteiger partial charge on any atom is 0.259 e. The third-order valence-electron chi connectivity index (χ3n) is 4.57. The van der Waals surface area contributed by atoms with Gasteiger partial charge in [-0.15, -0.1) is 0 Å². The number of carbonyl (C=O) groups excluding carboxylic acids is 1. The van der Waals surface area contributed by atoms with Gasteiger partial charge in [0.25, 0.3) is 5.91 Å². The molecule has 3 heterocycles. The number of hydrogen-bond acceptors (Lipinski definition) is 4. The zero-order valence-corrected chi connectivity index (χ0v) is 14.2. The zero-order chi connectivity index (χ0) is 17.2. The number of aromatic nitrogens is 2. The highest BCUT2D eigenvalue weighted by Crippen LogP contribution is 2.33. The Morgan fingerprint density at radius 2 is 2.00 bits per heavy atom. The summed E-state index contributed by atoms with van der Waals surface area (Å²) in [6.45, 7) is 1.38. The Kier molecular flexibility index (Phi) is 4.24. The number of halogens is 1. The Morgan fingerprint density at radius 1 is 1.20 bits per heavy atom. The third kappa shape index (κ3) is 3.03. The second-order valence-corrected chi connectivity index (χ2v) is 6.47. The van der Waals surface area contributed by atoms with Gasteiger partial charge < -0.3 is 9.42 Å². The highest BCUT2D eigenvalue weighted by molar-refractivity contribution is 6.33. The van der Waals surface area contributed by atoms with Crippen LogP contribution in [0.25, 0.3) is 11.3 Å². The number of rotatable bonds is 3. The van der Waals surface area contributed by atoms with Crippen LogP contribution in [-0.2, 0) is 0 Å². The van der Waals surface area contributed by atoms with Crippen LogP contribution in [-0.4, -0.2) is 34.0 Å². The minimum atomic E-state index is -0.0762. The Hall–Kier alpha value is -2.66. The summed E-state index contributed by atoms with van der Waals surface area (Å²) in [5.41, 5.74) is 2.33. The van der Waals surface area contributed by atoms with Crippen LogP contribution in [0.4, 0.5) is 0 Å². The second-order valence-electron chi connectivity index (χ2n) is 6.07. The Morgan fingerprint density at radius 3 is 2.80 bits per heavy atom. The molecule has 6 heteroatoms. The maximum absolute atomic E-state index is 13.0. The molecule has 0 saturated carbocycles. The Balaban J connectivity index is 1.57. The molecule has 0 spiro atoms. The van der Waals surface area contributed by atoms with Crippen molar-refractivity contribution in [3.63, 3.8) is 0 Å². The quantitative estimate of drug-likeness (QED) is 0.713. The molecule has 1 fully saturated rings. The third-order valence-corrected chi connectivity index (χ3v) is 4.90. The number of likely N-dealkylation sites (tertiary alicyclic amines) is 1. The minimum absolute atomic E-state index is 0.0762. The van der Waals surface area contributed by atoms with Crippen LogP contribution in [0.5, 0.6) is 0 Å². The molecule has 1 unspecified atom stereocenters. The molecule has 1 aliphatic heterocycles. The average Bonchev–Trinajstić information content (AvgIpc) is 3.32. The van der Waals surface area contributed by atoms with Crippen LogP contribution in [0, 0.1) is 0 Å². The summed E-state index contributed by atoms with van der Waals surface area (Å²) in [6, 6.07) is 11.3. The Labute approximate surface area is 150 Å². The van der Waals surface area contributed by atoms with E-state index in [0.29, 0.717) is 40.9 Å². The topological polar surface area (TPSA) is 59.2 Å². The summed E-state index contributed by atoms with van der Waals surface area (Å²) in [4.78, 5) is 18.9. The van der Waals surface area contributed by atoms with Gasteiger partial charge in [-0.25, -0.2) is 0 Å². The summed E-state index contributed by atoms with van der Waals surface area (Å²) >= 11 is 6.24. The predicted octanol–water partition coefficient (Wildman–Crippen LogP) is 4.02. The van der Waals surface area contributed by atoms with Gasteiger partial charge >= 0.3 is 0 Å². The van der Waals surface area contributed by atoms with E-state index in [1.807, 2.05) is 35.2 Å². The van der Waals surface area contributed by atoms with Gasteiger partial charge in [0.2, 0.25) is 0 Å². The molecule has 1 amide bonds. The molecule has 3 aromatic rings. The van der Waals surface area contributed by atoms with Gasteiger partial charge in [-0.3, -0.25) is 9.78 Å². The molecule has 4 rings (SSSR count). The number of carbonyl (C=O) groups is 1. The molecule has 1 saturated heterocycles. The van der Waals surface area contributed by atoms with Crippen molar-refractivity contribution in [1.82, 2.24) is 15.0 Å². The summed E-state index contributed by atoms with van der Waals surface area (Å²) in [7, 11) is 0. The van der Waals surface area contributed by atoms with E-state index in [-0.39, 0.29) is 5.91 Å². The molecule has 0 bridgehead atoms. The van der Waals surface area contributed by atoms with E-state index in [2.05, 4.69) is 10.1 Å². The highest BCUT2D eigenvalue weighted by Gasteiger charge is 2.31. The van der Waals surface area contributed by atoms with E-state index in [9.17, 15) is 4.79 Å². The smallest absolute Gasteiger partial charge is 0.259 e. The predicted molar refractivity (Wildman–Crippen MR) is 94.4 cm³/mol. The average molecular weight is 354 g/mol. The molecule has 1 aliphatic rings. The molecule has 0 radical (unpaired) electrons. The van der Waals surface area contributed by atoms with Crippen LogP contribution in [0.2, 0.25) is 5.02 Å². The Bertz CT molecular complexity index is 894. The van der Waals surface area contributed by atoms with E-state index in [0.717, 1.165) is 6.42 Å². The lowest BCUT2D eigenvalue weighted by atomic mass is 10.00. The largest absolute Gasteiger partial charge is 0.355 e. The maximum atomic E-state index is 13.0. The van der Waals surface area contributed by atoms with Gasteiger partial charge in [0.1, 0.15) is 5.56 Å². The molecule has 25 heavy (non-hydrogen) atoms. The number of pyridine rings is 1. The molecule has 1 aromatic carbocycles. The van der Waals surface area contributed by atoms with Crippen molar-refractivity contribution < 1.29 is 9.32 Å². The van der Waals surface area contributed by atoms with Crippen molar-refractivity contribution in [2.75, 3.05) is 13.1 Å². The van der Waals surface area contributed by atoms with Crippen molar-refractivity contribution in [1.29, 1.82) is 0 Å². The zero-order valence-electron chi connectivity index (χ0n) is 13.4. The highest BCUT2D eigenvalue weighted by atomic mass is 35.5. The number of nitrogens with zero attached hydrogens (tertiary/aromatic N) is 3. The summed E-state index contributed by atoms with van der Waals surface area (Å²) in [5, 5.41) is 4.35. The fraction of sp³-hybridized carbons (Fsp3) is 0.211. The van der Waals surface area contributed by atoms with Crippen LogP contribution in [0.1, 0.15) is 28.3 Å². The summed E-state index contributed by atoms with van der Waals surface area (Å²) < 4.78 is 5.33. The summed E-state index contributed by atoms with van der Waals surface area (Å²) in [5.74, 6) is 0.672. The molecule has 0 aliphatic carbocycles. The van der Waals surface area contributed by atoms with Crippen LogP contribution in [0.15, 0.2) is 59.5 Å². The normalized spacial score (nSPS) is 17.0. The van der Waals surface area contributed by atoms with Crippen LogP contribution < -0.4 is 0 Å². The molecule has 5 nitrogen and oxygen atoms in total. The van der Waals surface area contributed by atoms with Gasteiger partial charge in [0, 0.05) is 37.0 Å². The van der Waals surface area contributed by atoms with E-state index in [4.69, 9.17) is 16.1 Å². The van der Waals surface area contributed by atoms with Crippen molar-refractivity contribution >= 4 is 17.5 Å². The van der Waals surface area contributed by atoms with Crippen molar-refractivity contribution in [3.8, 4) is 11.3 Å². The van der Waals surface area contributed by atoms with Crippen LogP contribution >= 0.6 is 11.6 Å². The van der Waals surface area contributed by atoms with E-state index in [1.165, 1.54) is 11.8 Å². The lowest BCUT2D eigenvalue weighted by Gasteiger charge is -2.16. The molecule has 0 N–H and O–H groups in total. The number of hydrogen-bond donors (Lipinski definition) is 0. The molecular formula is C19H16ClN3O2. The first-order chi connectivity index (χ1) is 12.2. The molecule has 2 aromatic heterocycles. The summed E-state index contributed by atoms with van der Waals surface area (Å²) in [6.07, 6.45) is 5.98. The lowest BCUT2D eigenvalue weighted by molar-refractivity contribution is 0.0791. The van der Waals surface area contributed by atoms with Crippen LogP contribution in [0.3, 0.4) is 0 Å². The first kappa shape index (κ1) is 15.8. The molecule has 126 valence electrons. The molecular weight excluding hydrogens is 338 g/mol. The number of amides is 1. The first-order valence-corrected chi connectivity index (χ1v) is 8.50. The van der Waals surface area contributed by atoms with Crippen molar-refractivity contribution in [2.24, 2.45) is 0 Å².